The number of hydrogen-bond acceptors (Lipinski definition) is 6. The highest BCUT2D eigenvalue weighted by molar-refractivity contribution is 5.79. The first-order chi connectivity index (χ1) is 14.7. The molecule has 30 heavy (non-hydrogen) atoms. The van der Waals surface area contributed by atoms with E-state index in [0.29, 0.717) is 24.7 Å². The number of likely N-dealkylation sites (tertiary alicyclic amines) is 1. The molecule has 1 aliphatic heterocycles. The third kappa shape index (κ3) is 4.97. The van der Waals surface area contributed by atoms with Crippen LogP contribution < -0.4 is 9.47 Å². The monoisotopic (exact) mass is 407 g/mol. The van der Waals surface area contributed by atoms with Gasteiger partial charge in [-0.2, -0.15) is 4.98 Å². The van der Waals surface area contributed by atoms with E-state index in [-0.39, 0.29) is 18.4 Å². The molecule has 1 fully saturated rings. The molecule has 0 saturated carbocycles. The zero-order valence-corrected chi connectivity index (χ0v) is 17.0. The van der Waals surface area contributed by atoms with Gasteiger partial charge in [0.25, 0.3) is 5.89 Å². The van der Waals surface area contributed by atoms with Gasteiger partial charge in [-0.1, -0.05) is 35.5 Å². The highest BCUT2D eigenvalue weighted by Gasteiger charge is 2.28. The van der Waals surface area contributed by atoms with Crippen LogP contribution >= 0.6 is 0 Å². The van der Waals surface area contributed by atoms with Crippen LogP contribution in [0.1, 0.15) is 36.0 Å². The Labute approximate surface area is 175 Å². The molecule has 7 nitrogen and oxygen atoms in total. The van der Waals surface area contributed by atoms with Gasteiger partial charge < -0.3 is 18.9 Å². The van der Waals surface area contributed by atoms with E-state index < -0.39 is 0 Å². The number of methoxy groups -OCH3 is 1. The van der Waals surface area contributed by atoms with Crippen molar-refractivity contribution >= 4 is 5.91 Å². The predicted molar refractivity (Wildman–Crippen MR) is 110 cm³/mol. The molecule has 1 amide bonds. The number of ether oxygens (including phenoxy) is 2. The van der Waals surface area contributed by atoms with Crippen molar-refractivity contribution in [3.05, 3.63) is 71.9 Å². The number of aromatic nitrogens is 2. The fraction of sp³-hybridized carbons (Fsp3) is 0.348. The van der Waals surface area contributed by atoms with E-state index >= 15 is 0 Å². The number of hydrogen-bond donors (Lipinski definition) is 0. The topological polar surface area (TPSA) is 77.7 Å². The Bertz CT molecular complexity index is 973. The number of rotatable bonds is 7. The van der Waals surface area contributed by atoms with Crippen LogP contribution in [0.15, 0.2) is 59.1 Å². The largest absolute Gasteiger partial charge is 0.497 e. The minimum Gasteiger partial charge on any atom is -0.497 e. The molecule has 2 aromatic carbocycles. The number of amides is 1. The summed E-state index contributed by atoms with van der Waals surface area (Å²) in [4.78, 5) is 19.2. The average molecular weight is 407 g/mol. The van der Waals surface area contributed by atoms with Crippen molar-refractivity contribution in [3.8, 4) is 11.5 Å². The standard InChI is InChI=1S/C23H25N3O4/c1-28-20-11-5-7-17(13-20)14-22(27)26-12-6-8-18(15-26)23-24-21(30-25-23)16-29-19-9-3-2-4-10-19/h2-5,7,9-11,13,18H,6,8,12,14-16H2,1H3. The normalized spacial score (nSPS) is 16.3. The van der Waals surface area contributed by atoms with Gasteiger partial charge in [0.2, 0.25) is 5.91 Å². The Morgan fingerprint density at radius 2 is 2.00 bits per heavy atom. The lowest BCUT2D eigenvalue weighted by Gasteiger charge is -2.31. The van der Waals surface area contributed by atoms with E-state index in [1.165, 1.54) is 0 Å². The van der Waals surface area contributed by atoms with Gasteiger partial charge in [0.05, 0.1) is 13.5 Å². The van der Waals surface area contributed by atoms with Crippen LogP contribution in [0.4, 0.5) is 0 Å². The third-order valence-corrected chi connectivity index (χ3v) is 5.22. The summed E-state index contributed by atoms with van der Waals surface area (Å²) in [6.07, 6.45) is 2.20. The second-order valence-electron chi connectivity index (χ2n) is 7.36. The van der Waals surface area contributed by atoms with Crippen molar-refractivity contribution in [2.75, 3.05) is 20.2 Å². The number of piperidine rings is 1. The van der Waals surface area contributed by atoms with Gasteiger partial charge in [-0.3, -0.25) is 4.79 Å². The summed E-state index contributed by atoms with van der Waals surface area (Å²) >= 11 is 0. The van der Waals surface area contributed by atoms with Crippen LogP contribution in [-0.2, 0) is 17.8 Å². The molecule has 0 radical (unpaired) electrons. The molecule has 3 aromatic rings. The van der Waals surface area contributed by atoms with Crippen molar-refractivity contribution in [1.29, 1.82) is 0 Å². The summed E-state index contributed by atoms with van der Waals surface area (Å²) in [6, 6.07) is 17.1. The Kier molecular flexibility index (Phi) is 6.27. The summed E-state index contributed by atoms with van der Waals surface area (Å²) in [6.45, 7) is 1.57. The van der Waals surface area contributed by atoms with Gasteiger partial charge in [0.15, 0.2) is 12.4 Å². The van der Waals surface area contributed by atoms with Gasteiger partial charge in [-0.15, -0.1) is 0 Å². The summed E-state index contributed by atoms with van der Waals surface area (Å²) < 4.78 is 16.3. The molecule has 0 spiro atoms. The minimum atomic E-state index is 0.0715. The maximum absolute atomic E-state index is 12.8. The smallest absolute Gasteiger partial charge is 0.264 e. The average Bonchev–Trinajstić information content (AvgIpc) is 3.28. The number of nitrogens with zero attached hydrogens (tertiary/aromatic N) is 3. The number of para-hydroxylation sites is 1. The van der Waals surface area contributed by atoms with E-state index in [9.17, 15) is 4.79 Å². The van der Waals surface area contributed by atoms with Crippen LogP contribution in [-0.4, -0.2) is 41.1 Å². The Balaban J connectivity index is 1.34. The zero-order chi connectivity index (χ0) is 20.8. The van der Waals surface area contributed by atoms with Gasteiger partial charge in [0.1, 0.15) is 11.5 Å². The van der Waals surface area contributed by atoms with Crippen LogP contribution in [0.3, 0.4) is 0 Å². The van der Waals surface area contributed by atoms with Gasteiger partial charge in [-0.25, -0.2) is 0 Å². The van der Waals surface area contributed by atoms with E-state index in [1.54, 1.807) is 7.11 Å². The van der Waals surface area contributed by atoms with Gasteiger partial charge in [-0.05, 0) is 42.7 Å². The minimum absolute atomic E-state index is 0.0715. The summed E-state index contributed by atoms with van der Waals surface area (Å²) in [7, 11) is 1.63. The van der Waals surface area contributed by atoms with Crippen LogP contribution in [0.2, 0.25) is 0 Å². The van der Waals surface area contributed by atoms with Crippen molar-refractivity contribution in [2.45, 2.75) is 31.8 Å². The van der Waals surface area contributed by atoms with Crippen molar-refractivity contribution in [3.63, 3.8) is 0 Å². The lowest BCUT2D eigenvalue weighted by atomic mass is 9.96. The summed E-state index contributed by atoms with van der Waals surface area (Å²) in [5.41, 5.74) is 0.946. The first-order valence-corrected chi connectivity index (χ1v) is 10.1. The SMILES string of the molecule is COc1cccc(CC(=O)N2CCCC(c3noc(COc4ccccc4)n3)C2)c1. The van der Waals surface area contributed by atoms with Crippen molar-refractivity contribution in [1.82, 2.24) is 15.0 Å². The van der Waals surface area contributed by atoms with Crippen molar-refractivity contribution in [2.24, 2.45) is 0 Å². The van der Waals surface area contributed by atoms with E-state index in [4.69, 9.17) is 14.0 Å². The Morgan fingerprint density at radius 1 is 1.17 bits per heavy atom. The van der Waals surface area contributed by atoms with Crippen LogP contribution in [0, 0.1) is 0 Å². The molecule has 4 rings (SSSR count). The van der Waals surface area contributed by atoms with E-state index in [2.05, 4.69) is 10.1 Å². The number of benzene rings is 2. The third-order valence-electron chi connectivity index (χ3n) is 5.22. The second-order valence-corrected chi connectivity index (χ2v) is 7.36. The lowest BCUT2D eigenvalue weighted by molar-refractivity contribution is -0.131. The van der Waals surface area contributed by atoms with Gasteiger partial charge >= 0.3 is 0 Å². The van der Waals surface area contributed by atoms with E-state index in [1.807, 2.05) is 59.5 Å². The second kappa shape index (κ2) is 9.43. The molecule has 2 heterocycles. The lowest BCUT2D eigenvalue weighted by Crippen LogP contribution is -2.40. The molecule has 0 aliphatic carbocycles. The molecule has 1 aliphatic rings. The number of carbonyl (C=O) groups excluding carboxylic acids is 1. The van der Waals surface area contributed by atoms with Gasteiger partial charge in [0, 0.05) is 19.0 Å². The summed E-state index contributed by atoms with van der Waals surface area (Å²) in [5, 5.41) is 4.13. The molecule has 1 unspecified atom stereocenters. The quantitative estimate of drug-likeness (QED) is 0.595. The van der Waals surface area contributed by atoms with Crippen molar-refractivity contribution < 1.29 is 18.8 Å². The summed E-state index contributed by atoms with van der Waals surface area (Å²) in [5.74, 6) is 2.76. The maximum atomic E-state index is 12.8. The molecule has 0 N–H and O–H groups in total. The molecular formula is C23H25N3O4. The molecule has 1 saturated heterocycles. The Morgan fingerprint density at radius 3 is 2.83 bits per heavy atom. The van der Waals surface area contributed by atoms with Crippen LogP contribution in [0.5, 0.6) is 11.5 Å². The van der Waals surface area contributed by atoms with E-state index in [0.717, 1.165) is 36.4 Å². The molecule has 1 atom stereocenters. The molecule has 0 bridgehead atoms. The predicted octanol–water partition coefficient (Wildman–Crippen LogP) is 3.61. The molecule has 156 valence electrons. The number of carbonyl (C=O) groups is 1. The molecule has 7 heteroatoms. The highest BCUT2D eigenvalue weighted by atomic mass is 16.5. The molecular weight excluding hydrogens is 382 g/mol. The fourth-order valence-corrected chi connectivity index (χ4v) is 3.64. The zero-order valence-electron chi connectivity index (χ0n) is 17.0. The molecule has 1 aromatic heterocycles. The maximum Gasteiger partial charge on any atom is 0.264 e. The first kappa shape index (κ1) is 19.9. The fourth-order valence-electron chi connectivity index (χ4n) is 3.64. The highest BCUT2D eigenvalue weighted by Crippen LogP contribution is 2.26. The van der Waals surface area contributed by atoms with Crippen LogP contribution in [0.25, 0.3) is 0 Å². The first-order valence-electron chi connectivity index (χ1n) is 10.1. The Hall–Kier alpha value is -3.35.